The summed E-state index contributed by atoms with van der Waals surface area (Å²) < 4.78 is 5.11. The minimum absolute atomic E-state index is 0.187. The van der Waals surface area contributed by atoms with Gasteiger partial charge < -0.3 is 21.0 Å². The second kappa shape index (κ2) is 6.01. The van der Waals surface area contributed by atoms with E-state index in [4.69, 9.17) is 21.0 Å². The number of rotatable bonds is 7. The quantitative estimate of drug-likeness (QED) is 0.598. The third-order valence-electron chi connectivity index (χ3n) is 2.51. The van der Waals surface area contributed by atoms with Gasteiger partial charge in [-0.25, -0.2) is 4.79 Å². The lowest BCUT2D eigenvalue weighted by molar-refractivity contribution is -0.122. The van der Waals surface area contributed by atoms with Crippen molar-refractivity contribution in [2.75, 3.05) is 13.1 Å². The molecule has 0 saturated carbocycles. The highest BCUT2D eigenvalue weighted by molar-refractivity contribution is 5.84. The zero-order valence-corrected chi connectivity index (χ0v) is 10.3. The summed E-state index contributed by atoms with van der Waals surface area (Å²) in [5, 5.41) is 8.75. The number of carboxylic acids is 1. The highest BCUT2D eigenvalue weighted by Crippen LogP contribution is 2.22. The third kappa shape index (κ3) is 4.11. The topological polar surface area (TPSA) is 140 Å². The van der Waals surface area contributed by atoms with Gasteiger partial charge in [0.2, 0.25) is 17.6 Å². The van der Waals surface area contributed by atoms with Crippen LogP contribution in [0.25, 0.3) is 0 Å². The molecule has 8 nitrogen and oxygen atoms in total. The van der Waals surface area contributed by atoms with Crippen LogP contribution in [0.5, 0.6) is 0 Å². The standard InChI is InChI=1S/C11H15N3O5/c1-6(7-2-3-8(19-7)11(17)18)14(4-9(12)15)5-10(13)16/h2-3,6H,4-5H2,1H3,(H2,12,15)(H2,13,16)(H,17,18). The Morgan fingerprint density at radius 1 is 1.26 bits per heavy atom. The second-order valence-electron chi connectivity index (χ2n) is 4.02. The smallest absolute Gasteiger partial charge is 0.371 e. The first-order valence-corrected chi connectivity index (χ1v) is 5.45. The zero-order chi connectivity index (χ0) is 14.6. The molecule has 1 heterocycles. The summed E-state index contributed by atoms with van der Waals surface area (Å²) in [6, 6.07) is 2.25. The van der Waals surface area contributed by atoms with E-state index in [2.05, 4.69) is 0 Å². The molecule has 2 amide bonds. The lowest BCUT2D eigenvalue weighted by Crippen LogP contribution is -2.40. The number of hydrogen-bond acceptors (Lipinski definition) is 5. The Morgan fingerprint density at radius 3 is 2.16 bits per heavy atom. The first kappa shape index (κ1) is 14.7. The number of aromatic carboxylic acids is 1. The number of amides is 2. The van der Waals surface area contributed by atoms with Crippen molar-refractivity contribution < 1.29 is 23.9 Å². The summed E-state index contributed by atoms with van der Waals surface area (Å²) in [6.45, 7) is 1.27. The second-order valence-corrected chi connectivity index (χ2v) is 4.02. The van der Waals surface area contributed by atoms with Crippen LogP contribution in [0.1, 0.15) is 29.3 Å². The van der Waals surface area contributed by atoms with Crippen LogP contribution in [0.3, 0.4) is 0 Å². The lowest BCUT2D eigenvalue weighted by atomic mass is 10.2. The fourth-order valence-corrected chi connectivity index (χ4v) is 1.60. The van der Waals surface area contributed by atoms with E-state index in [-0.39, 0.29) is 18.8 Å². The Balaban J connectivity index is 2.90. The average molecular weight is 269 g/mol. The molecular formula is C11H15N3O5. The molecule has 0 saturated heterocycles. The van der Waals surface area contributed by atoms with Crippen molar-refractivity contribution >= 4 is 17.8 Å². The molecule has 1 atom stereocenters. The maximum Gasteiger partial charge on any atom is 0.371 e. The molecule has 5 N–H and O–H groups in total. The number of nitrogens with two attached hydrogens (primary N) is 2. The van der Waals surface area contributed by atoms with Crippen molar-refractivity contribution in [1.29, 1.82) is 0 Å². The molecule has 19 heavy (non-hydrogen) atoms. The molecule has 0 spiro atoms. The Morgan fingerprint density at radius 2 is 1.79 bits per heavy atom. The van der Waals surface area contributed by atoms with E-state index < -0.39 is 23.8 Å². The van der Waals surface area contributed by atoms with Crippen LogP contribution in [-0.4, -0.2) is 40.9 Å². The van der Waals surface area contributed by atoms with Gasteiger partial charge in [0.05, 0.1) is 19.1 Å². The Labute approximate surface area is 108 Å². The number of furan rings is 1. The normalized spacial score (nSPS) is 12.3. The van der Waals surface area contributed by atoms with Crippen LogP contribution >= 0.6 is 0 Å². The number of carbonyl (C=O) groups excluding carboxylic acids is 2. The molecule has 0 aliphatic heterocycles. The van der Waals surface area contributed by atoms with Gasteiger partial charge in [0.1, 0.15) is 5.76 Å². The summed E-state index contributed by atoms with van der Waals surface area (Å²) in [6.07, 6.45) is 0. The summed E-state index contributed by atoms with van der Waals surface area (Å²) in [5.74, 6) is -2.37. The zero-order valence-electron chi connectivity index (χ0n) is 10.3. The summed E-state index contributed by atoms with van der Waals surface area (Å²) in [4.78, 5) is 34.0. The van der Waals surface area contributed by atoms with Gasteiger partial charge in [-0.05, 0) is 19.1 Å². The van der Waals surface area contributed by atoms with Crippen LogP contribution in [-0.2, 0) is 9.59 Å². The van der Waals surface area contributed by atoms with Crippen LogP contribution in [0.15, 0.2) is 16.5 Å². The fraction of sp³-hybridized carbons (Fsp3) is 0.364. The van der Waals surface area contributed by atoms with Gasteiger partial charge in [-0.1, -0.05) is 0 Å². The molecule has 1 aromatic heterocycles. The summed E-state index contributed by atoms with van der Waals surface area (Å²) in [5.41, 5.74) is 10.2. The highest BCUT2D eigenvalue weighted by atomic mass is 16.4. The van der Waals surface area contributed by atoms with E-state index >= 15 is 0 Å². The van der Waals surface area contributed by atoms with E-state index in [0.717, 1.165) is 0 Å². The van der Waals surface area contributed by atoms with Crippen molar-refractivity contribution in [2.45, 2.75) is 13.0 Å². The summed E-state index contributed by atoms with van der Waals surface area (Å²) >= 11 is 0. The molecule has 0 radical (unpaired) electrons. The van der Waals surface area contributed by atoms with Gasteiger partial charge in [0.25, 0.3) is 0 Å². The van der Waals surface area contributed by atoms with Crippen molar-refractivity contribution in [1.82, 2.24) is 4.90 Å². The molecular weight excluding hydrogens is 254 g/mol. The molecule has 0 aliphatic carbocycles. The molecule has 8 heteroatoms. The molecule has 1 rings (SSSR count). The predicted octanol–water partition coefficient (Wildman–Crippen LogP) is -0.689. The number of carboxylic acid groups (broad SMARTS) is 1. The third-order valence-corrected chi connectivity index (χ3v) is 2.51. The van der Waals surface area contributed by atoms with Crippen molar-refractivity contribution in [3.05, 3.63) is 23.7 Å². The molecule has 104 valence electrons. The van der Waals surface area contributed by atoms with E-state index in [1.807, 2.05) is 0 Å². The first-order valence-electron chi connectivity index (χ1n) is 5.45. The van der Waals surface area contributed by atoms with Gasteiger partial charge >= 0.3 is 5.97 Å². The van der Waals surface area contributed by atoms with Crippen LogP contribution < -0.4 is 11.5 Å². The van der Waals surface area contributed by atoms with E-state index in [1.165, 1.54) is 17.0 Å². The van der Waals surface area contributed by atoms with E-state index in [0.29, 0.717) is 5.76 Å². The molecule has 1 aromatic rings. The fourth-order valence-electron chi connectivity index (χ4n) is 1.60. The Bertz CT molecular complexity index is 480. The number of hydrogen-bond donors (Lipinski definition) is 3. The molecule has 1 unspecified atom stereocenters. The van der Waals surface area contributed by atoms with Crippen LogP contribution in [0.2, 0.25) is 0 Å². The van der Waals surface area contributed by atoms with Gasteiger partial charge in [-0.3, -0.25) is 14.5 Å². The number of primary amides is 2. The van der Waals surface area contributed by atoms with Crippen LogP contribution in [0, 0.1) is 0 Å². The number of nitrogens with zero attached hydrogens (tertiary/aromatic N) is 1. The SMILES string of the molecule is CC(c1ccc(C(=O)O)o1)N(CC(N)=O)CC(N)=O. The molecule has 0 aromatic carbocycles. The first-order chi connectivity index (χ1) is 8.81. The van der Waals surface area contributed by atoms with E-state index in [9.17, 15) is 14.4 Å². The largest absolute Gasteiger partial charge is 0.475 e. The molecule has 0 bridgehead atoms. The van der Waals surface area contributed by atoms with Crippen LogP contribution in [0.4, 0.5) is 0 Å². The van der Waals surface area contributed by atoms with Gasteiger partial charge in [0, 0.05) is 0 Å². The highest BCUT2D eigenvalue weighted by Gasteiger charge is 2.23. The van der Waals surface area contributed by atoms with Gasteiger partial charge in [0.15, 0.2) is 0 Å². The van der Waals surface area contributed by atoms with Gasteiger partial charge in [-0.2, -0.15) is 0 Å². The Kier molecular flexibility index (Phi) is 4.65. The Hall–Kier alpha value is -2.35. The molecule has 0 fully saturated rings. The summed E-state index contributed by atoms with van der Waals surface area (Å²) in [7, 11) is 0. The predicted molar refractivity (Wildman–Crippen MR) is 64.0 cm³/mol. The lowest BCUT2D eigenvalue weighted by Gasteiger charge is -2.24. The maximum absolute atomic E-state index is 10.9. The minimum atomic E-state index is -1.20. The number of carbonyl (C=O) groups is 3. The van der Waals surface area contributed by atoms with Crippen molar-refractivity contribution in [3.63, 3.8) is 0 Å². The molecule has 0 aliphatic rings. The maximum atomic E-state index is 10.9. The monoisotopic (exact) mass is 269 g/mol. The van der Waals surface area contributed by atoms with E-state index in [1.54, 1.807) is 6.92 Å². The minimum Gasteiger partial charge on any atom is -0.475 e. The van der Waals surface area contributed by atoms with Crippen molar-refractivity contribution in [3.8, 4) is 0 Å². The van der Waals surface area contributed by atoms with Crippen molar-refractivity contribution in [2.24, 2.45) is 11.5 Å². The average Bonchev–Trinajstić information content (AvgIpc) is 2.75. The van der Waals surface area contributed by atoms with Gasteiger partial charge in [-0.15, -0.1) is 0 Å².